The number of alkyl halides is 2. The standard InChI is InChI=1S/C6H10F2O2.C3H8/c7-6(8)4-5(9)2-1-3-10-6;1-3-2/h5,9H,1-4H2;3H2,1-2H3/t5-;/m0./s1. The Balaban J connectivity index is 0.000000424. The van der Waals surface area contributed by atoms with E-state index < -0.39 is 18.6 Å². The van der Waals surface area contributed by atoms with E-state index in [1.807, 2.05) is 0 Å². The summed E-state index contributed by atoms with van der Waals surface area (Å²) in [6.07, 6.45) is -2.41. The van der Waals surface area contributed by atoms with Gasteiger partial charge in [0.1, 0.15) is 0 Å². The third-order valence-electron chi connectivity index (χ3n) is 1.47. The molecule has 1 saturated heterocycles. The molecule has 13 heavy (non-hydrogen) atoms. The zero-order chi connectivity index (χ0) is 10.3. The highest BCUT2D eigenvalue weighted by molar-refractivity contribution is 4.66. The molecule has 0 unspecified atom stereocenters. The highest BCUT2D eigenvalue weighted by atomic mass is 19.3. The van der Waals surface area contributed by atoms with Crippen LogP contribution in [0, 0.1) is 0 Å². The molecule has 0 aromatic rings. The molecule has 0 bridgehead atoms. The number of aliphatic hydroxyl groups excluding tert-OH is 1. The van der Waals surface area contributed by atoms with Gasteiger partial charge in [-0.1, -0.05) is 20.3 Å². The fourth-order valence-corrected chi connectivity index (χ4v) is 0.976. The minimum absolute atomic E-state index is 0.0457. The first-order valence-corrected chi connectivity index (χ1v) is 4.71. The van der Waals surface area contributed by atoms with Crippen molar-refractivity contribution in [1.82, 2.24) is 0 Å². The molecule has 0 aromatic carbocycles. The lowest BCUT2D eigenvalue weighted by Gasteiger charge is -2.14. The summed E-state index contributed by atoms with van der Waals surface area (Å²) in [5.41, 5.74) is 0. The van der Waals surface area contributed by atoms with Gasteiger partial charge in [-0.2, -0.15) is 8.78 Å². The van der Waals surface area contributed by atoms with E-state index in [0.717, 1.165) is 0 Å². The van der Waals surface area contributed by atoms with E-state index in [1.54, 1.807) is 0 Å². The number of aliphatic hydroxyl groups is 1. The molecule has 80 valence electrons. The molecule has 0 amide bonds. The Morgan fingerprint density at radius 2 is 2.00 bits per heavy atom. The van der Waals surface area contributed by atoms with Crippen LogP contribution in [0.3, 0.4) is 0 Å². The summed E-state index contributed by atoms with van der Waals surface area (Å²) < 4.78 is 28.8. The maximum atomic E-state index is 12.3. The molecular formula is C9H18F2O2. The number of ether oxygens (including phenoxy) is 1. The van der Waals surface area contributed by atoms with E-state index in [4.69, 9.17) is 5.11 Å². The SMILES string of the molecule is CCC.O[C@H]1CCCOC(F)(F)C1. The lowest BCUT2D eigenvalue weighted by molar-refractivity contribution is -0.243. The molecule has 1 heterocycles. The average molecular weight is 196 g/mol. The molecular weight excluding hydrogens is 178 g/mol. The van der Waals surface area contributed by atoms with Gasteiger partial charge >= 0.3 is 6.11 Å². The van der Waals surface area contributed by atoms with Gasteiger partial charge in [0, 0.05) is 0 Å². The molecule has 4 heteroatoms. The Labute approximate surface area is 77.9 Å². The van der Waals surface area contributed by atoms with Gasteiger partial charge < -0.3 is 9.84 Å². The Kier molecular flexibility index (Phi) is 6.16. The fourth-order valence-electron chi connectivity index (χ4n) is 0.976. The van der Waals surface area contributed by atoms with E-state index in [9.17, 15) is 8.78 Å². The first-order valence-electron chi connectivity index (χ1n) is 4.71. The third kappa shape index (κ3) is 6.90. The lowest BCUT2D eigenvalue weighted by atomic mass is 10.1. The molecule has 2 nitrogen and oxygen atoms in total. The Morgan fingerprint density at radius 3 is 2.54 bits per heavy atom. The molecule has 1 N–H and O–H groups in total. The first kappa shape index (κ1) is 12.8. The zero-order valence-corrected chi connectivity index (χ0v) is 8.22. The second-order valence-corrected chi connectivity index (χ2v) is 3.19. The van der Waals surface area contributed by atoms with Crippen LogP contribution in [0.2, 0.25) is 0 Å². The minimum Gasteiger partial charge on any atom is -0.393 e. The van der Waals surface area contributed by atoms with Crippen molar-refractivity contribution < 1.29 is 18.6 Å². The van der Waals surface area contributed by atoms with Crippen molar-refractivity contribution in [3.63, 3.8) is 0 Å². The van der Waals surface area contributed by atoms with Gasteiger partial charge in [0.05, 0.1) is 19.1 Å². The summed E-state index contributed by atoms with van der Waals surface area (Å²) in [6, 6.07) is 0. The normalized spacial score (nSPS) is 27.0. The van der Waals surface area contributed by atoms with Gasteiger partial charge in [0.2, 0.25) is 0 Å². The van der Waals surface area contributed by atoms with Crippen LogP contribution in [0.4, 0.5) is 8.78 Å². The third-order valence-corrected chi connectivity index (χ3v) is 1.47. The molecule has 0 radical (unpaired) electrons. The summed E-state index contributed by atoms with van der Waals surface area (Å²) in [5.74, 6) is 0. The van der Waals surface area contributed by atoms with Crippen LogP contribution >= 0.6 is 0 Å². The molecule has 0 aliphatic carbocycles. The maximum absolute atomic E-state index is 12.3. The molecule has 0 spiro atoms. The maximum Gasteiger partial charge on any atom is 0.358 e. The Morgan fingerprint density at radius 1 is 1.46 bits per heavy atom. The minimum atomic E-state index is -3.12. The van der Waals surface area contributed by atoms with Crippen molar-refractivity contribution in [2.75, 3.05) is 6.61 Å². The highest BCUT2D eigenvalue weighted by Crippen LogP contribution is 2.26. The predicted octanol–water partition coefficient (Wildman–Crippen LogP) is 2.56. The number of halogens is 2. The Hall–Kier alpha value is -0.220. The monoisotopic (exact) mass is 196 g/mol. The fraction of sp³-hybridized carbons (Fsp3) is 1.00. The average Bonchev–Trinajstić information content (AvgIpc) is 2.11. The van der Waals surface area contributed by atoms with Crippen molar-refractivity contribution in [1.29, 1.82) is 0 Å². The smallest absolute Gasteiger partial charge is 0.358 e. The molecule has 0 aromatic heterocycles. The van der Waals surface area contributed by atoms with E-state index in [-0.39, 0.29) is 6.61 Å². The van der Waals surface area contributed by atoms with E-state index >= 15 is 0 Å². The van der Waals surface area contributed by atoms with Crippen LogP contribution in [-0.4, -0.2) is 23.9 Å². The molecule has 0 saturated carbocycles. The van der Waals surface area contributed by atoms with Crippen LogP contribution < -0.4 is 0 Å². The molecule has 1 rings (SSSR count). The van der Waals surface area contributed by atoms with Crippen molar-refractivity contribution in [3.8, 4) is 0 Å². The summed E-state index contributed by atoms with van der Waals surface area (Å²) in [7, 11) is 0. The Bertz CT molecular complexity index is 129. The molecule has 1 aliphatic heterocycles. The van der Waals surface area contributed by atoms with Gasteiger partial charge in [0.25, 0.3) is 0 Å². The first-order chi connectivity index (χ1) is 6.02. The van der Waals surface area contributed by atoms with Gasteiger partial charge in [0.15, 0.2) is 0 Å². The summed E-state index contributed by atoms with van der Waals surface area (Å²) in [5, 5.41) is 8.86. The molecule has 1 atom stereocenters. The molecule has 1 aliphatic rings. The van der Waals surface area contributed by atoms with Gasteiger partial charge in [-0.15, -0.1) is 0 Å². The number of hydrogen-bond donors (Lipinski definition) is 1. The van der Waals surface area contributed by atoms with Crippen LogP contribution in [0.15, 0.2) is 0 Å². The summed E-state index contributed by atoms with van der Waals surface area (Å²) in [6.45, 7) is 4.30. The van der Waals surface area contributed by atoms with E-state index in [2.05, 4.69) is 18.6 Å². The summed E-state index contributed by atoms with van der Waals surface area (Å²) >= 11 is 0. The lowest BCUT2D eigenvalue weighted by Crippen LogP contribution is -2.23. The number of hydrogen-bond acceptors (Lipinski definition) is 2. The number of rotatable bonds is 0. The largest absolute Gasteiger partial charge is 0.393 e. The van der Waals surface area contributed by atoms with Gasteiger partial charge in [-0.05, 0) is 12.8 Å². The van der Waals surface area contributed by atoms with Crippen molar-refractivity contribution >= 4 is 0 Å². The van der Waals surface area contributed by atoms with Crippen molar-refractivity contribution in [2.45, 2.75) is 51.7 Å². The van der Waals surface area contributed by atoms with Crippen LogP contribution in [0.1, 0.15) is 39.5 Å². The predicted molar refractivity (Wildman–Crippen MR) is 46.7 cm³/mol. The topological polar surface area (TPSA) is 29.5 Å². The van der Waals surface area contributed by atoms with Crippen LogP contribution in [0.25, 0.3) is 0 Å². The van der Waals surface area contributed by atoms with Crippen molar-refractivity contribution in [3.05, 3.63) is 0 Å². The van der Waals surface area contributed by atoms with Crippen LogP contribution in [-0.2, 0) is 4.74 Å². The van der Waals surface area contributed by atoms with E-state index in [0.29, 0.717) is 12.8 Å². The second-order valence-electron chi connectivity index (χ2n) is 3.19. The van der Waals surface area contributed by atoms with Crippen LogP contribution in [0.5, 0.6) is 0 Å². The molecule has 1 fully saturated rings. The second kappa shape index (κ2) is 6.27. The van der Waals surface area contributed by atoms with Gasteiger partial charge in [-0.25, -0.2) is 0 Å². The highest BCUT2D eigenvalue weighted by Gasteiger charge is 2.34. The zero-order valence-electron chi connectivity index (χ0n) is 8.22. The quantitative estimate of drug-likeness (QED) is 0.645. The summed E-state index contributed by atoms with van der Waals surface area (Å²) in [4.78, 5) is 0. The van der Waals surface area contributed by atoms with E-state index in [1.165, 1.54) is 6.42 Å². The van der Waals surface area contributed by atoms with Gasteiger partial charge in [-0.3, -0.25) is 0 Å². The van der Waals surface area contributed by atoms with Crippen molar-refractivity contribution in [2.24, 2.45) is 0 Å².